The van der Waals surface area contributed by atoms with Crippen LogP contribution in [0.15, 0.2) is 24.5 Å². The van der Waals surface area contributed by atoms with Crippen LogP contribution in [-0.4, -0.2) is 34.7 Å². The van der Waals surface area contributed by atoms with Gasteiger partial charge in [0.25, 0.3) is 0 Å². The number of pyridine rings is 1. The van der Waals surface area contributed by atoms with Crippen LogP contribution in [0.4, 0.5) is 4.79 Å². The Bertz CT molecular complexity index is 478. The zero-order chi connectivity index (χ0) is 15.1. The fraction of sp³-hybridized carbons (Fsp3) is 0.533. The highest BCUT2D eigenvalue weighted by atomic mass is 16.4. The Morgan fingerprint density at radius 2 is 2.05 bits per heavy atom. The first-order chi connectivity index (χ1) is 10.1. The lowest BCUT2D eigenvalue weighted by Gasteiger charge is -2.27. The minimum atomic E-state index is -0.764. The second-order valence-electron chi connectivity index (χ2n) is 5.40. The smallest absolute Gasteiger partial charge is 0.315 e. The maximum Gasteiger partial charge on any atom is 0.315 e. The number of aliphatic carboxylic acids is 1. The molecular formula is C15H21N3O3. The van der Waals surface area contributed by atoms with Crippen LogP contribution in [0.2, 0.25) is 0 Å². The molecule has 1 saturated carbocycles. The number of hydrogen-bond donors (Lipinski definition) is 3. The number of carboxylic acid groups (broad SMARTS) is 1. The highest BCUT2D eigenvalue weighted by Gasteiger charge is 2.27. The number of carbonyl (C=O) groups is 2. The molecule has 1 aromatic heterocycles. The molecule has 2 unspecified atom stereocenters. The number of carbonyl (C=O) groups excluding carboxylic acids is 1. The van der Waals surface area contributed by atoms with E-state index in [1.165, 1.54) is 0 Å². The normalized spacial score (nSPS) is 21.5. The van der Waals surface area contributed by atoms with Crippen LogP contribution in [0.1, 0.15) is 31.2 Å². The van der Waals surface area contributed by atoms with E-state index < -0.39 is 5.97 Å². The van der Waals surface area contributed by atoms with Crippen molar-refractivity contribution in [1.82, 2.24) is 15.6 Å². The average Bonchev–Trinajstić information content (AvgIpc) is 2.48. The van der Waals surface area contributed by atoms with Gasteiger partial charge in [0.2, 0.25) is 0 Å². The van der Waals surface area contributed by atoms with Crippen LogP contribution in [0.3, 0.4) is 0 Å². The SMILES string of the molecule is O=C(NCCc1ccncc1)NC1CCCC(C(=O)O)C1. The minimum Gasteiger partial charge on any atom is -0.481 e. The lowest BCUT2D eigenvalue weighted by molar-refractivity contribution is -0.143. The number of aromatic nitrogens is 1. The van der Waals surface area contributed by atoms with Gasteiger partial charge in [-0.2, -0.15) is 0 Å². The molecule has 0 aliphatic heterocycles. The molecule has 1 aliphatic carbocycles. The molecule has 2 atom stereocenters. The summed E-state index contributed by atoms with van der Waals surface area (Å²) in [5, 5.41) is 14.7. The summed E-state index contributed by atoms with van der Waals surface area (Å²) in [7, 11) is 0. The van der Waals surface area contributed by atoms with Gasteiger partial charge in [-0.25, -0.2) is 4.79 Å². The van der Waals surface area contributed by atoms with Gasteiger partial charge in [-0.15, -0.1) is 0 Å². The van der Waals surface area contributed by atoms with Gasteiger partial charge in [-0.3, -0.25) is 9.78 Å². The zero-order valence-electron chi connectivity index (χ0n) is 11.9. The maximum atomic E-state index is 11.8. The Morgan fingerprint density at radius 1 is 1.29 bits per heavy atom. The van der Waals surface area contributed by atoms with E-state index in [1.807, 2.05) is 12.1 Å². The summed E-state index contributed by atoms with van der Waals surface area (Å²) in [6.45, 7) is 0.547. The second kappa shape index (κ2) is 7.61. The van der Waals surface area contributed by atoms with Crippen molar-refractivity contribution in [1.29, 1.82) is 0 Å². The molecule has 0 radical (unpaired) electrons. The molecule has 2 rings (SSSR count). The molecule has 114 valence electrons. The number of urea groups is 1. The summed E-state index contributed by atoms with van der Waals surface area (Å²) >= 11 is 0. The Morgan fingerprint density at radius 3 is 2.76 bits per heavy atom. The summed E-state index contributed by atoms with van der Waals surface area (Å²) in [6, 6.07) is 3.57. The van der Waals surface area contributed by atoms with Crippen molar-refractivity contribution in [2.45, 2.75) is 38.1 Å². The summed E-state index contributed by atoms with van der Waals surface area (Å²) in [4.78, 5) is 26.7. The van der Waals surface area contributed by atoms with E-state index in [0.29, 0.717) is 19.4 Å². The minimum absolute atomic E-state index is 0.0409. The van der Waals surface area contributed by atoms with Crippen molar-refractivity contribution in [2.75, 3.05) is 6.54 Å². The number of nitrogens with one attached hydrogen (secondary N) is 2. The number of nitrogens with zero attached hydrogens (tertiary/aromatic N) is 1. The zero-order valence-corrected chi connectivity index (χ0v) is 11.9. The van der Waals surface area contributed by atoms with Crippen molar-refractivity contribution >= 4 is 12.0 Å². The lowest BCUT2D eigenvalue weighted by atomic mass is 9.86. The van der Waals surface area contributed by atoms with Crippen LogP contribution in [0, 0.1) is 5.92 Å². The molecule has 0 bridgehead atoms. The van der Waals surface area contributed by atoms with E-state index in [4.69, 9.17) is 5.11 Å². The molecule has 1 heterocycles. The molecule has 1 aromatic rings. The number of rotatable bonds is 5. The molecule has 6 heteroatoms. The van der Waals surface area contributed by atoms with Crippen molar-refractivity contribution in [3.8, 4) is 0 Å². The highest BCUT2D eigenvalue weighted by molar-refractivity contribution is 5.74. The second-order valence-corrected chi connectivity index (χ2v) is 5.40. The number of carboxylic acids is 1. The van der Waals surface area contributed by atoms with Gasteiger partial charge in [-0.1, -0.05) is 6.42 Å². The number of hydrogen-bond acceptors (Lipinski definition) is 3. The molecule has 3 N–H and O–H groups in total. The van der Waals surface area contributed by atoms with E-state index >= 15 is 0 Å². The third-order valence-electron chi connectivity index (χ3n) is 3.81. The molecule has 1 aliphatic rings. The van der Waals surface area contributed by atoms with E-state index in [0.717, 1.165) is 24.8 Å². The Kier molecular flexibility index (Phi) is 5.54. The first-order valence-corrected chi connectivity index (χ1v) is 7.31. The summed E-state index contributed by atoms with van der Waals surface area (Å²) in [5.74, 6) is -1.10. The van der Waals surface area contributed by atoms with Gasteiger partial charge >= 0.3 is 12.0 Å². The first kappa shape index (κ1) is 15.3. The third kappa shape index (κ3) is 5.06. The maximum absolute atomic E-state index is 11.8. The predicted octanol–water partition coefficient (Wildman–Crippen LogP) is 1.57. The van der Waals surface area contributed by atoms with Crippen molar-refractivity contribution in [3.63, 3.8) is 0 Å². The van der Waals surface area contributed by atoms with E-state index in [2.05, 4.69) is 15.6 Å². The van der Waals surface area contributed by atoms with Crippen LogP contribution < -0.4 is 10.6 Å². The topological polar surface area (TPSA) is 91.3 Å². The number of amides is 2. The van der Waals surface area contributed by atoms with Gasteiger partial charge < -0.3 is 15.7 Å². The summed E-state index contributed by atoms with van der Waals surface area (Å²) < 4.78 is 0. The van der Waals surface area contributed by atoms with Crippen LogP contribution in [0.25, 0.3) is 0 Å². The van der Waals surface area contributed by atoms with Gasteiger partial charge in [0.1, 0.15) is 0 Å². The van der Waals surface area contributed by atoms with Crippen LogP contribution >= 0.6 is 0 Å². The van der Waals surface area contributed by atoms with E-state index in [1.54, 1.807) is 12.4 Å². The van der Waals surface area contributed by atoms with Crippen LogP contribution in [0.5, 0.6) is 0 Å². The monoisotopic (exact) mass is 291 g/mol. The standard InChI is InChI=1S/C15H21N3O3/c19-14(20)12-2-1-3-13(10-12)18-15(21)17-9-6-11-4-7-16-8-5-11/h4-5,7-8,12-13H,1-3,6,9-10H2,(H,19,20)(H2,17,18,21). The Labute approximate surface area is 124 Å². The molecule has 0 spiro atoms. The lowest BCUT2D eigenvalue weighted by Crippen LogP contribution is -2.45. The predicted molar refractivity (Wildman–Crippen MR) is 77.9 cm³/mol. The average molecular weight is 291 g/mol. The van der Waals surface area contributed by atoms with Gasteiger partial charge in [0, 0.05) is 25.0 Å². The first-order valence-electron chi connectivity index (χ1n) is 7.31. The molecule has 1 fully saturated rings. The summed E-state index contributed by atoms with van der Waals surface area (Å²) in [6.07, 6.45) is 7.12. The Balaban J connectivity index is 1.68. The molecule has 6 nitrogen and oxygen atoms in total. The van der Waals surface area contributed by atoms with Gasteiger partial charge in [0.15, 0.2) is 0 Å². The largest absolute Gasteiger partial charge is 0.481 e. The quantitative estimate of drug-likeness (QED) is 0.768. The highest BCUT2D eigenvalue weighted by Crippen LogP contribution is 2.24. The fourth-order valence-electron chi connectivity index (χ4n) is 2.65. The molecule has 2 amide bonds. The van der Waals surface area contributed by atoms with Gasteiger partial charge in [-0.05, 0) is 43.4 Å². The van der Waals surface area contributed by atoms with E-state index in [9.17, 15) is 9.59 Å². The third-order valence-corrected chi connectivity index (χ3v) is 3.81. The van der Waals surface area contributed by atoms with Crippen LogP contribution in [-0.2, 0) is 11.2 Å². The molecule has 21 heavy (non-hydrogen) atoms. The fourth-order valence-corrected chi connectivity index (χ4v) is 2.65. The van der Waals surface area contributed by atoms with Crippen molar-refractivity contribution in [3.05, 3.63) is 30.1 Å². The van der Waals surface area contributed by atoms with E-state index in [-0.39, 0.29) is 18.0 Å². The molecule has 0 aromatic carbocycles. The van der Waals surface area contributed by atoms with Gasteiger partial charge in [0.05, 0.1) is 5.92 Å². The molecular weight excluding hydrogens is 270 g/mol. The summed E-state index contributed by atoms with van der Waals surface area (Å²) in [5.41, 5.74) is 1.12. The van der Waals surface area contributed by atoms with Crippen molar-refractivity contribution in [2.24, 2.45) is 5.92 Å². The van der Waals surface area contributed by atoms with Crippen molar-refractivity contribution < 1.29 is 14.7 Å². The molecule has 0 saturated heterocycles. The Hall–Kier alpha value is -2.11.